The summed E-state index contributed by atoms with van der Waals surface area (Å²) in [4.78, 5) is 21.4. The summed E-state index contributed by atoms with van der Waals surface area (Å²) in [7, 11) is 0. The van der Waals surface area contributed by atoms with E-state index in [1.807, 2.05) is 0 Å². The molecule has 1 rings (SSSR count). The van der Waals surface area contributed by atoms with Crippen LogP contribution in [0.4, 0.5) is 5.69 Å². The van der Waals surface area contributed by atoms with E-state index in [2.05, 4.69) is 5.32 Å². The van der Waals surface area contributed by atoms with E-state index in [0.717, 1.165) is 5.56 Å². The lowest BCUT2D eigenvalue weighted by atomic mass is 10.2. The first-order chi connectivity index (χ1) is 7.49. The van der Waals surface area contributed by atoms with Gasteiger partial charge in [-0.25, -0.2) is 0 Å². The average molecular weight is 239 g/mol. The predicted octanol–water partition coefficient (Wildman–Crippen LogP) is 1.80. The number of primary amides is 1. The number of amides is 2. The Hall–Kier alpha value is -1.81. The highest BCUT2D eigenvalue weighted by molar-refractivity contribution is 6.33. The SMILES string of the molecule is CC(=O)Nc1cc(/C=C/C(N)=O)ccc1Cl. The summed E-state index contributed by atoms with van der Waals surface area (Å²) in [6, 6.07) is 5.00. The molecule has 0 spiro atoms. The second-order valence-corrected chi connectivity index (χ2v) is 3.56. The number of halogens is 1. The van der Waals surface area contributed by atoms with E-state index in [9.17, 15) is 9.59 Å². The maximum atomic E-state index is 10.9. The second-order valence-electron chi connectivity index (χ2n) is 3.16. The van der Waals surface area contributed by atoms with Crippen LogP contribution in [0, 0.1) is 0 Å². The van der Waals surface area contributed by atoms with Gasteiger partial charge in [-0.1, -0.05) is 17.7 Å². The van der Waals surface area contributed by atoms with Crippen molar-refractivity contribution in [3.63, 3.8) is 0 Å². The highest BCUT2D eigenvalue weighted by Gasteiger charge is 2.02. The van der Waals surface area contributed by atoms with E-state index < -0.39 is 5.91 Å². The molecule has 0 atom stereocenters. The number of hydrogen-bond acceptors (Lipinski definition) is 2. The van der Waals surface area contributed by atoms with Crippen molar-refractivity contribution < 1.29 is 9.59 Å². The molecule has 4 nitrogen and oxygen atoms in total. The molecule has 0 aliphatic carbocycles. The van der Waals surface area contributed by atoms with Crippen LogP contribution < -0.4 is 11.1 Å². The van der Waals surface area contributed by atoms with Gasteiger partial charge in [0.25, 0.3) is 0 Å². The third kappa shape index (κ3) is 3.74. The summed E-state index contributed by atoms with van der Waals surface area (Å²) in [6.45, 7) is 1.39. The van der Waals surface area contributed by atoms with Gasteiger partial charge in [0.05, 0.1) is 10.7 Å². The first-order valence-corrected chi connectivity index (χ1v) is 4.91. The van der Waals surface area contributed by atoms with Gasteiger partial charge in [0.15, 0.2) is 0 Å². The molecule has 16 heavy (non-hydrogen) atoms. The van der Waals surface area contributed by atoms with Crippen molar-refractivity contribution in [2.24, 2.45) is 5.73 Å². The summed E-state index contributed by atoms with van der Waals surface area (Å²) in [6.07, 6.45) is 2.78. The molecule has 0 bridgehead atoms. The molecule has 84 valence electrons. The lowest BCUT2D eigenvalue weighted by Gasteiger charge is -2.05. The third-order valence-corrected chi connectivity index (χ3v) is 2.07. The maximum absolute atomic E-state index is 10.9. The average Bonchev–Trinajstić information content (AvgIpc) is 2.18. The number of anilines is 1. The van der Waals surface area contributed by atoms with Crippen molar-refractivity contribution in [2.45, 2.75) is 6.92 Å². The third-order valence-electron chi connectivity index (χ3n) is 1.74. The molecule has 2 amide bonds. The zero-order valence-electron chi connectivity index (χ0n) is 8.66. The van der Waals surface area contributed by atoms with Gasteiger partial charge in [-0.05, 0) is 23.8 Å². The number of nitrogens with two attached hydrogens (primary N) is 1. The summed E-state index contributed by atoms with van der Waals surface area (Å²) < 4.78 is 0. The Morgan fingerprint density at radius 3 is 2.69 bits per heavy atom. The first kappa shape index (κ1) is 12.3. The number of nitrogens with one attached hydrogen (secondary N) is 1. The van der Waals surface area contributed by atoms with Crippen LogP contribution in [-0.2, 0) is 9.59 Å². The molecule has 1 aromatic rings. The Morgan fingerprint density at radius 1 is 1.44 bits per heavy atom. The number of hydrogen-bond donors (Lipinski definition) is 2. The summed E-state index contributed by atoms with van der Waals surface area (Å²) >= 11 is 5.87. The number of carbonyl (C=O) groups excluding carboxylic acids is 2. The standard InChI is InChI=1S/C11H11ClN2O2/c1-7(15)14-10-6-8(2-4-9(10)12)3-5-11(13)16/h2-6H,1H3,(H2,13,16)(H,14,15)/b5-3+. The zero-order chi connectivity index (χ0) is 12.1. The Morgan fingerprint density at radius 2 is 2.12 bits per heavy atom. The molecule has 0 radical (unpaired) electrons. The van der Waals surface area contributed by atoms with Gasteiger partial charge >= 0.3 is 0 Å². The molecular weight excluding hydrogens is 228 g/mol. The lowest BCUT2D eigenvalue weighted by Crippen LogP contribution is -2.06. The first-order valence-electron chi connectivity index (χ1n) is 4.53. The summed E-state index contributed by atoms with van der Waals surface area (Å²) in [5, 5.41) is 3.02. The number of carbonyl (C=O) groups is 2. The summed E-state index contributed by atoms with van der Waals surface area (Å²) in [5.41, 5.74) is 6.20. The fraction of sp³-hybridized carbons (Fsp3) is 0.0909. The molecule has 0 unspecified atom stereocenters. The van der Waals surface area contributed by atoms with Crippen LogP contribution >= 0.6 is 11.6 Å². The van der Waals surface area contributed by atoms with Crippen molar-refractivity contribution in [3.05, 3.63) is 34.9 Å². The number of benzene rings is 1. The topological polar surface area (TPSA) is 72.2 Å². The Kier molecular flexibility index (Phi) is 4.08. The Labute approximate surface area is 98.1 Å². The van der Waals surface area contributed by atoms with E-state index in [1.165, 1.54) is 13.0 Å². The minimum atomic E-state index is -0.531. The van der Waals surface area contributed by atoms with Crippen molar-refractivity contribution >= 4 is 35.2 Å². The summed E-state index contributed by atoms with van der Waals surface area (Å²) in [5.74, 6) is -0.742. The van der Waals surface area contributed by atoms with Gasteiger partial charge < -0.3 is 11.1 Å². The van der Waals surface area contributed by atoms with Gasteiger partial charge in [-0.2, -0.15) is 0 Å². The van der Waals surface area contributed by atoms with Crippen LogP contribution in [0.15, 0.2) is 24.3 Å². The normalized spacial score (nSPS) is 10.4. The van der Waals surface area contributed by atoms with Crippen LogP contribution in [-0.4, -0.2) is 11.8 Å². The number of rotatable bonds is 3. The molecule has 3 N–H and O–H groups in total. The van der Waals surface area contributed by atoms with E-state index in [0.29, 0.717) is 10.7 Å². The van der Waals surface area contributed by atoms with Crippen LogP contribution in [0.1, 0.15) is 12.5 Å². The molecule has 0 fully saturated rings. The van der Waals surface area contributed by atoms with Crippen LogP contribution in [0.3, 0.4) is 0 Å². The van der Waals surface area contributed by atoms with Crippen LogP contribution in [0.5, 0.6) is 0 Å². The fourth-order valence-electron chi connectivity index (χ4n) is 1.11. The van der Waals surface area contributed by atoms with E-state index in [4.69, 9.17) is 17.3 Å². The molecule has 0 saturated heterocycles. The highest BCUT2D eigenvalue weighted by atomic mass is 35.5. The van der Waals surface area contributed by atoms with Crippen LogP contribution in [0.25, 0.3) is 6.08 Å². The van der Waals surface area contributed by atoms with Crippen molar-refractivity contribution in [2.75, 3.05) is 5.32 Å². The minimum absolute atomic E-state index is 0.210. The molecule has 5 heteroatoms. The monoisotopic (exact) mass is 238 g/mol. The van der Waals surface area contributed by atoms with E-state index in [1.54, 1.807) is 24.3 Å². The largest absolute Gasteiger partial charge is 0.366 e. The van der Waals surface area contributed by atoms with Gasteiger partial charge in [-0.3, -0.25) is 9.59 Å². The highest BCUT2D eigenvalue weighted by Crippen LogP contribution is 2.23. The maximum Gasteiger partial charge on any atom is 0.241 e. The van der Waals surface area contributed by atoms with Crippen LogP contribution in [0.2, 0.25) is 5.02 Å². The van der Waals surface area contributed by atoms with E-state index >= 15 is 0 Å². The smallest absolute Gasteiger partial charge is 0.241 e. The van der Waals surface area contributed by atoms with Gasteiger partial charge in [0.2, 0.25) is 11.8 Å². The van der Waals surface area contributed by atoms with Gasteiger partial charge in [0, 0.05) is 13.0 Å². The molecule has 0 saturated carbocycles. The molecule has 0 aliphatic rings. The lowest BCUT2D eigenvalue weighted by molar-refractivity contribution is -0.114. The molecule has 1 aromatic carbocycles. The predicted molar refractivity (Wildman–Crippen MR) is 64.0 cm³/mol. The van der Waals surface area contributed by atoms with Gasteiger partial charge in [-0.15, -0.1) is 0 Å². The molecule has 0 heterocycles. The Bertz CT molecular complexity index is 455. The van der Waals surface area contributed by atoms with Gasteiger partial charge in [0.1, 0.15) is 0 Å². The molecular formula is C11H11ClN2O2. The molecule has 0 aliphatic heterocycles. The second kappa shape index (κ2) is 5.32. The Balaban J connectivity index is 2.97. The van der Waals surface area contributed by atoms with Crippen molar-refractivity contribution in [3.8, 4) is 0 Å². The van der Waals surface area contributed by atoms with Crippen molar-refractivity contribution in [1.29, 1.82) is 0 Å². The zero-order valence-corrected chi connectivity index (χ0v) is 9.41. The van der Waals surface area contributed by atoms with E-state index in [-0.39, 0.29) is 5.91 Å². The quantitative estimate of drug-likeness (QED) is 0.788. The minimum Gasteiger partial charge on any atom is -0.366 e. The van der Waals surface area contributed by atoms with Crippen molar-refractivity contribution in [1.82, 2.24) is 0 Å². The fourth-order valence-corrected chi connectivity index (χ4v) is 1.28. The molecule has 0 aromatic heterocycles.